The van der Waals surface area contributed by atoms with Crippen molar-refractivity contribution in [2.45, 2.75) is 0 Å². The predicted molar refractivity (Wildman–Crippen MR) is 70.7 cm³/mol. The van der Waals surface area contributed by atoms with Crippen molar-refractivity contribution in [1.82, 2.24) is 0 Å². The minimum Gasteiger partial charge on any atom is -0.151 e. The second-order valence-electron chi connectivity index (χ2n) is 3.04. The second-order valence-corrected chi connectivity index (χ2v) is 3.04. The Bertz CT molecular complexity index is 374. The molecule has 2 aromatic carbocycles. The summed E-state index contributed by atoms with van der Waals surface area (Å²) in [4.78, 5) is 0. The smallest absolute Gasteiger partial charge is 0.151 e. The van der Waals surface area contributed by atoms with Crippen LogP contribution in [0, 0.1) is 12.1 Å². The summed E-state index contributed by atoms with van der Waals surface area (Å²) < 4.78 is 0. The molecule has 0 aromatic heterocycles. The maximum absolute atomic E-state index is 3.60. The van der Waals surface area contributed by atoms with Crippen molar-refractivity contribution in [2.75, 3.05) is 0 Å². The maximum Gasteiger partial charge on any atom is 2.00 e. The van der Waals surface area contributed by atoms with E-state index in [9.17, 15) is 0 Å². The molecular weight excluding hydrogens is 258 g/mol. The van der Waals surface area contributed by atoms with Gasteiger partial charge in [0.1, 0.15) is 0 Å². The van der Waals surface area contributed by atoms with E-state index in [1.54, 1.807) is 12.2 Å². The molecule has 80 valence electrons. The van der Waals surface area contributed by atoms with E-state index in [1.165, 1.54) is 0 Å². The molecule has 1 heteroatoms. The summed E-state index contributed by atoms with van der Waals surface area (Å²) in [6, 6.07) is 21.5. The van der Waals surface area contributed by atoms with Crippen molar-refractivity contribution >= 4 is 12.2 Å². The van der Waals surface area contributed by atoms with Gasteiger partial charge in [0.25, 0.3) is 0 Å². The quantitative estimate of drug-likeness (QED) is 0.566. The van der Waals surface area contributed by atoms with Gasteiger partial charge in [-0.1, -0.05) is 0 Å². The zero-order valence-corrected chi connectivity index (χ0v) is 12.9. The zero-order valence-electron chi connectivity index (χ0n) is 9.89. The SMILES string of the molecule is C=Cc1[c-]cccc1.C=Cc1[c-]cccc1.[Zn+2]. The minimum atomic E-state index is 0. The third kappa shape index (κ3) is 6.65. The molecule has 2 aromatic rings. The molecule has 17 heavy (non-hydrogen) atoms. The Morgan fingerprint density at radius 1 is 0.765 bits per heavy atom. The Labute approximate surface area is 116 Å². The van der Waals surface area contributed by atoms with Crippen molar-refractivity contribution in [2.24, 2.45) is 0 Å². The largest absolute Gasteiger partial charge is 2.00 e. The number of hydrogen-bond donors (Lipinski definition) is 0. The van der Waals surface area contributed by atoms with Gasteiger partial charge < -0.3 is 0 Å². The van der Waals surface area contributed by atoms with Crippen LogP contribution in [0.15, 0.2) is 61.7 Å². The van der Waals surface area contributed by atoms with Gasteiger partial charge in [0.05, 0.1) is 0 Å². The molecule has 0 aliphatic heterocycles. The summed E-state index contributed by atoms with van der Waals surface area (Å²) in [7, 11) is 0. The monoisotopic (exact) mass is 270 g/mol. The Balaban J connectivity index is 0.000000284. The van der Waals surface area contributed by atoms with Crippen LogP contribution in [-0.4, -0.2) is 0 Å². The molecule has 0 atom stereocenters. The van der Waals surface area contributed by atoms with Gasteiger partial charge in [0.2, 0.25) is 0 Å². The maximum atomic E-state index is 3.60. The fourth-order valence-electron chi connectivity index (χ4n) is 1.07. The van der Waals surface area contributed by atoms with E-state index >= 15 is 0 Å². The average Bonchev–Trinajstić information content (AvgIpc) is 2.41. The Kier molecular flexibility index (Phi) is 8.91. The molecular formula is C16H14Zn. The van der Waals surface area contributed by atoms with E-state index in [0.717, 1.165) is 11.1 Å². The Morgan fingerprint density at radius 2 is 1.18 bits per heavy atom. The van der Waals surface area contributed by atoms with Crippen LogP contribution in [0.1, 0.15) is 11.1 Å². The first-order chi connectivity index (χ1) is 7.86. The minimum absolute atomic E-state index is 0. The first-order valence-corrected chi connectivity index (χ1v) is 5.05. The van der Waals surface area contributed by atoms with Crippen LogP contribution in [-0.2, 0) is 19.5 Å². The molecule has 0 saturated carbocycles. The molecule has 0 fully saturated rings. The number of hydrogen-bond acceptors (Lipinski definition) is 0. The number of rotatable bonds is 2. The van der Waals surface area contributed by atoms with E-state index in [2.05, 4.69) is 25.3 Å². The Morgan fingerprint density at radius 3 is 1.35 bits per heavy atom. The molecule has 0 spiro atoms. The summed E-state index contributed by atoms with van der Waals surface area (Å²) in [5, 5.41) is 0. The molecule has 0 aliphatic rings. The van der Waals surface area contributed by atoms with Gasteiger partial charge >= 0.3 is 19.5 Å². The van der Waals surface area contributed by atoms with Crippen LogP contribution >= 0.6 is 0 Å². The fraction of sp³-hybridized carbons (Fsp3) is 0. The van der Waals surface area contributed by atoms with Crippen molar-refractivity contribution in [3.05, 3.63) is 84.9 Å². The van der Waals surface area contributed by atoms with E-state index < -0.39 is 0 Å². The van der Waals surface area contributed by atoms with E-state index in [-0.39, 0.29) is 19.5 Å². The first-order valence-electron chi connectivity index (χ1n) is 5.05. The number of benzene rings is 2. The van der Waals surface area contributed by atoms with Crippen molar-refractivity contribution < 1.29 is 19.5 Å². The van der Waals surface area contributed by atoms with Crippen molar-refractivity contribution in [1.29, 1.82) is 0 Å². The van der Waals surface area contributed by atoms with Crippen LogP contribution in [0.4, 0.5) is 0 Å². The van der Waals surface area contributed by atoms with Gasteiger partial charge in [-0.2, -0.15) is 11.1 Å². The van der Waals surface area contributed by atoms with Crippen LogP contribution in [0.2, 0.25) is 0 Å². The normalized spacial score (nSPS) is 8.00. The molecule has 0 aliphatic carbocycles. The van der Waals surface area contributed by atoms with Crippen LogP contribution < -0.4 is 0 Å². The standard InChI is InChI=1S/2C8H7.Zn/c2*1-2-8-6-4-3-5-7-8;/h2*2-6H,1H2;/q2*-1;+2. The third-order valence-corrected chi connectivity index (χ3v) is 1.91. The topological polar surface area (TPSA) is 0 Å². The molecule has 0 amide bonds. The van der Waals surface area contributed by atoms with Gasteiger partial charge in [-0.25, -0.2) is 0 Å². The average molecular weight is 272 g/mol. The third-order valence-electron chi connectivity index (χ3n) is 1.91. The molecule has 0 saturated heterocycles. The van der Waals surface area contributed by atoms with Crippen molar-refractivity contribution in [3.63, 3.8) is 0 Å². The van der Waals surface area contributed by atoms with Crippen LogP contribution in [0.3, 0.4) is 0 Å². The summed E-state index contributed by atoms with van der Waals surface area (Å²) in [5.74, 6) is 0. The van der Waals surface area contributed by atoms with Gasteiger partial charge in [-0.15, -0.1) is 86.0 Å². The van der Waals surface area contributed by atoms with E-state index in [4.69, 9.17) is 0 Å². The van der Waals surface area contributed by atoms with Crippen LogP contribution in [0.5, 0.6) is 0 Å². The molecule has 0 bridgehead atoms. The zero-order chi connectivity index (χ0) is 11.6. The Hall–Kier alpha value is -1.46. The second kappa shape index (κ2) is 9.75. The molecule has 2 rings (SSSR count). The van der Waals surface area contributed by atoms with Gasteiger partial charge in [-0.3, -0.25) is 0 Å². The van der Waals surface area contributed by atoms with E-state index in [1.807, 2.05) is 48.5 Å². The molecule has 0 N–H and O–H groups in total. The summed E-state index contributed by atoms with van der Waals surface area (Å²) in [6.07, 6.45) is 3.56. The predicted octanol–water partition coefficient (Wildman–Crippen LogP) is 4.26. The summed E-state index contributed by atoms with van der Waals surface area (Å²) in [6.45, 7) is 7.20. The van der Waals surface area contributed by atoms with Crippen molar-refractivity contribution in [3.8, 4) is 0 Å². The summed E-state index contributed by atoms with van der Waals surface area (Å²) >= 11 is 0. The van der Waals surface area contributed by atoms with E-state index in [0.29, 0.717) is 0 Å². The summed E-state index contributed by atoms with van der Waals surface area (Å²) in [5.41, 5.74) is 2.10. The molecule has 0 radical (unpaired) electrons. The van der Waals surface area contributed by atoms with Gasteiger partial charge in [0, 0.05) is 0 Å². The van der Waals surface area contributed by atoms with Gasteiger partial charge in [-0.05, 0) is 0 Å². The van der Waals surface area contributed by atoms with Gasteiger partial charge in [0.15, 0.2) is 0 Å². The van der Waals surface area contributed by atoms with Crippen LogP contribution in [0.25, 0.3) is 12.2 Å². The first kappa shape index (κ1) is 15.5. The fourth-order valence-corrected chi connectivity index (χ4v) is 1.07. The molecule has 0 unspecified atom stereocenters. The molecule has 0 heterocycles. The molecule has 0 nitrogen and oxygen atoms in total.